The van der Waals surface area contributed by atoms with Gasteiger partial charge in [0.25, 0.3) is 0 Å². The van der Waals surface area contributed by atoms with Crippen LogP contribution in [0.5, 0.6) is 0 Å². The van der Waals surface area contributed by atoms with Crippen LogP contribution in [0.25, 0.3) is 33.3 Å². The standard InChI is InChI=1S/C17H11N3O2/c18-13-8-16-17(12-4-2-1-3-11(12)13)20-14-6-5-10(19-9-21)7-15(14)22-16/h1-9,18H,(H,19,21). The largest absolute Gasteiger partial charge is 0.453 e. The third-order valence-electron chi connectivity index (χ3n) is 3.62. The van der Waals surface area contributed by atoms with Crippen LogP contribution < -0.4 is 10.7 Å². The van der Waals surface area contributed by atoms with E-state index in [2.05, 4.69) is 10.3 Å². The molecule has 2 aromatic rings. The molecule has 1 heterocycles. The molecule has 2 aromatic carbocycles. The quantitative estimate of drug-likeness (QED) is 0.338. The number of amides is 1. The molecule has 1 aliphatic heterocycles. The summed E-state index contributed by atoms with van der Waals surface area (Å²) in [6.07, 6.45) is 0.616. The van der Waals surface area contributed by atoms with E-state index >= 15 is 0 Å². The first-order valence-corrected chi connectivity index (χ1v) is 6.77. The molecule has 106 valence electrons. The van der Waals surface area contributed by atoms with E-state index in [4.69, 9.17) is 9.83 Å². The number of benzene rings is 3. The fraction of sp³-hybridized carbons (Fsp3) is 0. The number of hydrogen-bond donors (Lipinski definition) is 2. The van der Waals surface area contributed by atoms with E-state index in [9.17, 15) is 4.79 Å². The van der Waals surface area contributed by atoms with Gasteiger partial charge in [0.05, 0.1) is 5.36 Å². The Kier molecular flexibility index (Phi) is 2.66. The smallest absolute Gasteiger partial charge is 0.211 e. The average Bonchev–Trinajstić information content (AvgIpc) is 2.54. The summed E-state index contributed by atoms with van der Waals surface area (Å²) in [7, 11) is 0. The summed E-state index contributed by atoms with van der Waals surface area (Å²) < 4.78 is 5.88. The summed E-state index contributed by atoms with van der Waals surface area (Å²) in [5.41, 5.74) is 2.63. The predicted octanol–water partition coefficient (Wildman–Crippen LogP) is 3.13. The molecule has 0 fully saturated rings. The van der Waals surface area contributed by atoms with E-state index in [1.165, 1.54) is 0 Å². The van der Waals surface area contributed by atoms with Crippen LogP contribution in [-0.2, 0) is 4.79 Å². The fourth-order valence-electron chi connectivity index (χ4n) is 2.61. The van der Waals surface area contributed by atoms with Crippen molar-refractivity contribution in [2.24, 2.45) is 0 Å². The molecule has 0 radical (unpaired) electrons. The fourth-order valence-corrected chi connectivity index (χ4v) is 2.61. The Morgan fingerprint density at radius 2 is 1.91 bits per heavy atom. The molecule has 1 amide bonds. The number of rotatable bonds is 2. The van der Waals surface area contributed by atoms with Crippen LogP contribution in [0, 0.1) is 5.41 Å². The van der Waals surface area contributed by atoms with Crippen molar-refractivity contribution in [2.75, 3.05) is 5.32 Å². The molecule has 0 atom stereocenters. The SMILES string of the molecule is N=c1cc2oc3cc(NC=O)ccc3nc-2c2ccccc12. The molecule has 2 aliphatic rings. The van der Waals surface area contributed by atoms with Crippen molar-refractivity contribution in [3.05, 3.63) is 53.9 Å². The van der Waals surface area contributed by atoms with Gasteiger partial charge in [-0.05, 0) is 12.1 Å². The lowest BCUT2D eigenvalue weighted by atomic mass is 10.0. The first-order valence-electron chi connectivity index (χ1n) is 6.77. The Balaban J connectivity index is 2.11. The number of anilines is 1. The van der Waals surface area contributed by atoms with Crippen LogP contribution in [-0.4, -0.2) is 11.4 Å². The molecule has 5 nitrogen and oxygen atoms in total. The van der Waals surface area contributed by atoms with Crippen LogP contribution in [0.2, 0.25) is 0 Å². The van der Waals surface area contributed by atoms with Crippen molar-refractivity contribution in [1.29, 1.82) is 5.41 Å². The van der Waals surface area contributed by atoms with Gasteiger partial charge in [-0.25, -0.2) is 4.98 Å². The normalized spacial score (nSPS) is 11.1. The second-order valence-corrected chi connectivity index (χ2v) is 4.98. The van der Waals surface area contributed by atoms with E-state index in [0.717, 1.165) is 16.5 Å². The number of nitrogens with one attached hydrogen (secondary N) is 2. The van der Waals surface area contributed by atoms with Crippen molar-refractivity contribution >= 4 is 34.0 Å². The van der Waals surface area contributed by atoms with E-state index in [-0.39, 0.29) is 0 Å². The third-order valence-corrected chi connectivity index (χ3v) is 3.62. The van der Waals surface area contributed by atoms with Gasteiger partial charge in [0, 0.05) is 28.6 Å². The van der Waals surface area contributed by atoms with E-state index in [0.29, 0.717) is 34.3 Å². The van der Waals surface area contributed by atoms with Crippen LogP contribution in [0.3, 0.4) is 0 Å². The van der Waals surface area contributed by atoms with Crippen LogP contribution in [0.4, 0.5) is 5.69 Å². The highest BCUT2D eigenvalue weighted by molar-refractivity contribution is 5.96. The minimum absolute atomic E-state index is 0.398. The summed E-state index contributed by atoms with van der Waals surface area (Å²) in [4.78, 5) is 15.2. The first-order chi connectivity index (χ1) is 10.8. The van der Waals surface area contributed by atoms with Gasteiger partial charge >= 0.3 is 0 Å². The summed E-state index contributed by atoms with van der Waals surface area (Å²) in [6, 6.07) is 14.6. The lowest BCUT2D eigenvalue weighted by molar-refractivity contribution is -0.105. The predicted molar refractivity (Wildman–Crippen MR) is 83.7 cm³/mol. The molecule has 0 saturated carbocycles. The van der Waals surface area contributed by atoms with Crippen molar-refractivity contribution in [3.63, 3.8) is 0 Å². The summed E-state index contributed by atoms with van der Waals surface area (Å²) in [5, 5.41) is 12.8. The van der Waals surface area contributed by atoms with Gasteiger partial charge < -0.3 is 15.1 Å². The zero-order valence-electron chi connectivity index (χ0n) is 11.5. The number of fused-ring (bicyclic) bond motifs is 4. The monoisotopic (exact) mass is 289 g/mol. The molecule has 0 unspecified atom stereocenters. The molecular formula is C17H11N3O2. The molecule has 0 bridgehead atoms. The number of carbonyl (C=O) groups is 1. The number of nitrogens with zero attached hydrogens (tertiary/aromatic N) is 1. The van der Waals surface area contributed by atoms with Crippen molar-refractivity contribution in [1.82, 2.24) is 4.98 Å². The summed E-state index contributed by atoms with van der Waals surface area (Å²) >= 11 is 0. The summed E-state index contributed by atoms with van der Waals surface area (Å²) in [5.74, 6) is 0.555. The van der Waals surface area contributed by atoms with Crippen LogP contribution in [0.15, 0.2) is 52.9 Å². The lowest BCUT2D eigenvalue weighted by Crippen LogP contribution is -2.04. The van der Waals surface area contributed by atoms with Gasteiger partial charge in [-0.1, -0.05) is 24.3 Å². The molecule has 0 aromatic heterocycles. The molecule has 4 rings (SSSR count). The van der Waals surface area contributed by atoms with Crippen LogP contribution >= 0.6 is 0 Å². The maximum atomic E-state index is 10.5. The Labute approximate surface area is 125 Å². The zero-order chi connectivity index (χ0) is 15.1. The second-order valence-electron chi connectivity index (χ2n) is 4.98. The Hall–Kier alpha value is -3.21. The van der Waals surface area contributed by atoms with E-state index < -0.39 is 0 Å². The molecule has 2 N–H and O–H groups in total. The molecule has 0 spiro atoms. The van der Waals surface area contributed by atoms with E-state index in [1.54, 1.807) is 24.3 Å². The van der Waals surface area contributed by atoms with Gasteiger partial charge in [0.1, 0.15) is 11.2 Å². The lowest BCUT2D eigenvalue weighted by Gasteiger charge is -2.10. The highest BCUT2D eigenvalue weighted by atomic mass is 16.3. The van der Waals surface area contributed by atoms with Gasteiger partial charge in [0.2, 0.25) is 6.41 Å². The van der Waals surface area contributed by atoms with Gasteiger partial charge in [0.15, 0.2) is 11.3 Å². The van der Waals surface area contributed by atoms with Gasteiger partial charge in [-0.2, -0.15) is 0 Å². The molecule has 1 aliphatic carbocycles. The molecular weight excluding hydrogens is 278 g/mol. The average molecular weight is 289 g/mol. The van der Waals surface area contributed by atoms with Crippen molar-refractivity contribution < 1.29 is 9.21 Å². The summed E-state index contributed by atoms with van der Waals surface area (Å²) in [6.45, 7) is 0. The van der Waals surface area contributed by atoms with Crippen LogP contribution in [0.1, 0.15) is 0 Å². The zero-order valence-corrected chi connectivity index (χ0v) is 11.5. The minimum atomic E-state index is 0.398. The highest BCUT2D eigenvalue weighted by Crippen LogP contribution is 2.30. The maximum Gasteiger partial charge on any atom is 0.211 e. The van der Waals surface area contributed by atoms with Gasteiger partial charge in [-0.3, -0.25) is 4.79 Å². The molecule has 0 saturated heterocycles. The first kappa shape index (κ1) is 12.5. The number of carbonyl (C=O) groups excluding carboxylic acids is 1. The van der Waals surface area contributed by atoms with Gasteiger partial charge in [-0.15, -0.1) is 0 Å². The maximum absolute atomic E-state index is 10.5. The topological polar surface area (TPSA) is 79.0 Å². The number of hydrogen-bond acceptors (Lipinski definition) is 4. The Morgan fingerprint density at radius 3 is 2.73 bits per heavy atom. The molecule has 22 heavy (non-hydrogen) atoms. The van der Waals surface area contributed by atoms with Crippen molar-refractivity contribution in [3.8, 4) is 11.5 Å². The minimum Gasteiger partial charge on any atom is -0.453 e. The second kappa shape index (κ2) is 4.66. The third kappa shape index (κ3) is 1.83. The van der Waals surface area contributed by atoms with E-state index in [1.807, 2.05) is 24.3 Å². The Bertz CT molecular complexity index is 1050. The molecule has 5 heteroatoms. The highest BCUT2D eigenvalue weighted by Gasteiger charge is 2.14. The van der Waals surface area contributed by atoms with Crippen molar-refractivity contribution in [2.45, 2.75) is 0 Å². The number of aromatic nitrogens is 1. The Morgan fingerprint density at radius 1 is 1.09 bits per heavy atom.